The molecule has 2 amide bonds. The van der Waals surface area contributed by atoms with E-state index in [0.717, 1.165) is 22.4 Å². The molecule has 2 aromatic rings. The van der Waals surface area contributed by atoms with Crippen LogP contribution in [0.5, 0.6) is 11.5 Å². The number of nitrogens with one attached hydrogen (secondary N) is 2. The Hall–Kier alpha value is -3.35. The number of carbonyl (C=O) groups is 2. The number of rotatable bonds is 8. The minimum atomic E-state index is -0.340. The van der Waals surface area contributed by atoms with Crippen LogP contribution in [0.4, 0.5) is 5.69 Å². The highest BCUT2D eigenvalue weighted by atomic mass is 16.5. The topological polar surface area (TPSA) is 89.0 Å². The van der Waals surface area contributed by atoms with Crippen LogP contribution in [0.1, 0.15) is 29.5 Å². The SMILES string of the molecule is COc1ccc(C=NNC(=O)CCC(=O)Nc2ccc(C)cc2C)cc1OC. The highest BCUT2D eigenvalue weighted by molar-refractivity contribution is 5.94. The molecule has 0 spiro atoms. The number of amides is 2. The van der Waals surface area contributed by atoms with Crippen molar-refractivity contribution in [3.05, 3.63) is 53.1 Å². The molecular formula is C21H25N3O4. The van der Waals surface area contributed by atoms with Gasteiger partial charge in [0, 0.05) is 18.5 Å². The van der Waals surface area contributed by atoms with E-state index in [2.05, 4.69) is 15.8 Å². The zero-order chi connectivity index (χ0) is 20.5. The minimum Gasteiger partial charge on any atom is -0.493 e. The fraction of sp³-hybridized carbons (Fsp3) is 0.286. The maximum atomic E-state index is 12.0. The lowest BCUT2D eigenvalue weighted by molar-refractivity contribution is -0.124. The van der Waals surface area contributed by atoms with Crippen molar-refractivity contribution in [1.82, 2.24) is 5.43 Å². The van der Waals surface area contributed by atoms with Gasteiger partial charge in [0.1, 0.15) is 0 Å². The van der Waals surface area contributed by atoms with Crippen LogP contribution in [0.15, 0.2) is 41.5 Å². The summed E-state index contributed by atoms with van der Waals surface area (Å²) in [4.78, 5) is 23.9. The first-order valence-electron chi connectivity index (χ1n) is 8.84. The predicted octanol–water partition coefficient (Wildman–Crippen LogP) is 3.19. The van der Waals surface area contributed by atoms with Crippen LogP contribution in [-0.4, -0.2) is 32.2 Å². The number of hydrazone groups is 1. The van der Waals surface area contributed by atoms with Crippen LogP contribution in [0.2, 0.25) is 0 Å². The molecule has 0 saturated carbocycles. The number of carbonyl (C=O) groups excluding carboxylic acids is 2. The number of anilines is 1. The van der Waals surface area contributed by atoms with Crippen molar-refractivity contribution in [3.8, 4) is 11.5 Å². The summed E-state index contributed by atoms with van der Waals surface area (Å²) in [5.41, 5.74) is 6.02. The second kappa shape index (κ2) is 10.1. The molecule has 0 saturated heterocycles. The van der Waals surface area contributed by atoms with Crippen LogP contribution in [-0.2, 0) is 9.59 Å². The van der Waals surface area contributed by atoms with Crippen LogP contribution in [0, 0.1) is 13.8 Å². The number of nitrogens with zero attached hydrogens (tertiary/aromatic N) is 1. The number of methoxy groups -OCH3 is 2. The molecule has 0 unspecified atom stereocenters. The number of benzene rings is 2. The van der Waals surface area contributed by atoms with Crippen LogP contribution >= 0.6 is 0 Å². The van der Waals surface area contributed by atoms with Gasteiger partial charge in [-0.2, -0.15) is 5.10 Å². The van der Waals surface area contributed by atoms with E-state index < -0.39 is 0 Å². The van der Waals surface area contributed by atoms with Crippen molar-refractivity contribution in [2.45, 2.75) is 26.7 Å². The van der Waals surface area contributed by atoms with Gasteiger partial charge in [0.05, 0.1) is 20.4 Å². The van der Waals surface area contributed by atoms with Gasteiger partial charge < -0.3 is 14.8 Å². The molecule has 0 aliphatic heterocycles. The first kappa shape index (κ1) is 21.0. The Morgan fingerprint density at radius 3 is 2.36 bits per heavy atom. The van der Waals surface area contributed by atoms with Crippen molar-refractivity contribution in [3.63, 3.8) is 0 Å². The highest BCUT2D eigenvalue weighted by Crippen LogP contribution is 2.26. The lowest BCUT2D eigenvalue weighted by Gasteiger charge is -2.09. The van der Waals surface area contributed by atoms with Gasteiger partial charge in [-0.25, -0.2) is 5.43 Å². The summed E-state index contributed by atoms with van der Waals surface area (Å²) in [6, 6.07) is 11.1. The van der Waals surface area contributed by atoms with Gasteiger partial charge in [-0.1, -0.05) is 17.7 Å². The van der Waals surface area contributed by atoms with E-state index in [1.807, 2.05) is 32.0 Å². The molecule has 0 aromatic heterocycles. The standard InChI is InChI=1S/C21H25N3O4/c1-14-5-7-17(15(2)11-14)23-20(25)9-10-21(26)24-22-13-16-6-8-18(27-3)19(12-16)28-4/h5-8,11-13H,9-10H2,1-4H3,(H,23,25)(H,24,26). The summed E-state index contributed by atoms with van der Waals surface area (Å²) in [6.45, 7) is 3.92. The van der Waals surface area contributed by atoms with Gasteiger partial charge in [0.25, 0.3) is 0 Å². The van der Waals surface area contributed by atoms with E-state index in [0.29, 0.717) is 11.5 Å². The third-order valence-corrected chi connectivity index (χ3v) is 4.05. The van der Waals surface area contributed by atoms with Crippen LogP contribution < -0.4 is 20.2 Å². The first-order valence-corrected chi connectivity index (χ1v) is 8.84. The van der Waals surface area contributed by atoms with Crippen molar-refractivity contribution < 1.29 is 19.1 Å². The Kier molecular flexibility index (Phi) is 7.56. The van der Waals surface area contributed by atoms with E-state index >= 15 is 0 Å². The Morgan fingerprint density at radius 2 is 1.68 bits per heavy atom. The number of aryl methyl sites for hydroxylation is 2. The summed E-state index contributed by atoms with van der Waals surface area (Å²) >= 11 is 0. The molecule has 7 nitrogen and oxygen atoms in total. The minimum absolute atomic E-state index is 0.0417. The maximum Gasteiger partial charge on any atom is 0.240 e. The van der Waals surface area contributed by atoms with E-state index in [1.54, 1.807) is 32.4 Å². The molecule has 0 radical (unpaired) electrons. The van der Waals surface area contributed by atoms with E-state index in [1.165, 1.54) is 6.21 Å². The van der Waals surface area contributed by atoms with Gasteiger partial charge in [0.15, 0.2) is 11.5 Å². The zero-order valence-corrected chi connectivity index (χ0v) is 16.5. The molecule has 2 rings (SSSR count). The third-order valence-electron chi connectivity index (χ3n) is 4.05. The molecule has 148 valence electrons. The molecule has 0 atom stereocenters. The average molecular weight is 383 g/mol. The molecule has 7 heteroatoms. The lowest BCUT2D eigenvalue weighted by atomic mass is 10.1. The largest absolute Gasteiger partial charge is 0.493 e. The van der Waals surface area contributed by atoms with Gasteiger partial charge >= 0.3 is 0 Å². The first-order chi connectivity index (χ1) is 13.4. The van der Waals surface area contributed by atoms with Crippen molar-refractivity contribution >= 4 is 23.7 Å². The van der Waals surface area contributed by atoms with Crippen molar-refractivity contribution in [2.75, 3.05) is 19.5 Å². The molecule has 0 bridgehead atoms. The summed E-state index contributed by atoms with van der Waals surface area (Å²) in [5.74, 6) is 0.623. The maximum absolute atomic E-state index is 12.0. The highest BCUT2D eigenvalue weighted by Gasteiger charge is 2.08. The molecule has 2 aromatic carbocycles. The Bertz CT molecular complexity index is 878. The van der Waals surface area contributed by atoms with Gasteiger partial charge in [-0.05, 0) is 49.2 Å². The molecule has 28 heavy (non-hydrogen) atoms. The smallest absolute Gasteiger partial charge is 0.240 e. The lowest BCUT2D eigenvalue weighted by Crippen LogP contribution is -2.20. The molecular weight excluding hydrogens is 358 g/mol. The Balaban J connectivity index is 1.80. The zero-order valence-electron chi connectivity index (χ0n) is 16.5. The number of hydrogen-bond acceptors (Lipinski definition) is 5. The molecule has 2 N–H and O–H groups in total. The molecule has 0 fully saturated rings. The van der Waals surface area contributed by atoms with Gasteiger partial charge in [-0.15, -0.1) is 0 Å². The van der Waals surface area contributed by atoms with E-state index in [4.69, 9.17) is 9.47 Å². The molecule has 0 heterocycles. The fourth-order valence-electron chi connectivity index (χ4n) is 2.56. The van der Waals surface area contributed by atoms with Crippen LogP contribution in [0.25, 0.3) is 0 Å². The molecule has 0 aliphatic rings. The number of hydrogen-bond donors (Lipinski definition) is 2. The van der Waals surface area contributed by atoms with Gasteiger partial charge in [0.2, 0.25) is 11.8 Å². The van der Waals surface area contributed by atoms with E-state index in [-0.39, 0.29) is 24.7 Å². The second-order valence-corrected chi connectivity index (χ2v) is 6.27. The average Bonchev–Trinajstić information content (AvgIpc) is 2.68. The van der Waals surface area contributed by atoms with Crippen molar-refractivity contribution in [2.24, 2.45) is 5.10 Å². The summed E-state index contributed by atoms with van der Waals surface area (Å²) < 4.78 is 10.4. The van der Waals surface area contributed by atoms with E-state index in [9.17, 15) is 9.59 Å². The Morgan fingerprint density at radius 1 is 0.964 bits per heavy atom. The predicted molar refractivity (Wildman–Crippen MR) is 109 cm³/mol. The second-order valence-electron chi connectivity index (χ2n) is 6.27. The quantitative estimate of drug-likeness (QED) is 0.541. The van der Waals surface area contributed by atoms with Gasteiger partial charge in [-0.3, -0.25) is 9.59 Å². The third kappa shape index (κ3) is 6.12. The Labute approximate surface area is 164 Å². The number of ether oxygens (including phenoxy) is 2. The van der Waals surface area contributed by atoms with Crippen LogP contribution in [0.3, 0.4) is 0 Å². The normalized spacial score (nSPS) is 10.6. The fourth-order valence-corrected chi connectivity index (χ4v) is 2.56. The summed E-state index contributed by atoms with van der Waals surface area (Å²) in [6.07, 6.45) is 1.61. The summed E-state index contributed by atoms with van der Waals surface area (Å²) in [7, 11) is 3.10. The molecule has 0 aliphatic carbocycles. The van der Waals surface area contributed by atoms with Crippen molar-refractivity contribution in [1.29, 1.82) is 0 Å². The monoisotopic (exact) mass is 383 g/mol. The summed E-state index contributed by atoms with van der Waals surface area (Å²) in [5, 5.41) is 6.72.